The van der Waals surface area contributed by atoms with Gasteiger partial charge in [-0.25, -0.2) is 0 Å². The number of para-hydroxylation sites is 1. The lowest BCUT2D eigenvalue weighted by Crippen LogP contribution is -2.24. The third kappa shape index (κ3) is 4.67. The molecule has 28 heavy (non-hydrogen) atoms. The van der Waals surface area contributed by atoms with Gasteiger partial charge in [-0.2, -0.15) is 0 Å². The van der Waals surface area contributed by atoms with Crippen LogP contribution in [0.15, 0.2) is 53.0 Å². The van der Waals surface area contributed by atoms with Crippen LogP contribution in [0, 0.1) is 0 Å². The summed E-state index contributed by atoms with van der Waals surface area (Å²) >= 11 is 3.69. The van der Waals surface area contributed by atoms with Crippen molar-refractivity contribution < 1.29 is 0 Å². The first-order valence-corrected chi connectivity index (χ1v) is 11.2. The molecular formula is C26H32BrN. The van der Waals surface area contributed by atoms with Crippen molar-refractivity contribution in [2.75, 3.05) is 0 Å². The maximum Gasteiger partial charge on any atom is 0.0491 e. The summed E-state index contributed by atoms with van der Waals surface area (Å²) in [7, 11) is 0. The van der Waals surface area contributed by atoms with Crippen LogP contribution in [0.4, 0.5) is 0 Å². The highest BCUT2D eigenvalue weighted by atomic mass is 79.9. The average Bonchev–Trinajstić information content (AvgIpc) is 3.08. The number of nitrogens with zero attached hydrogens (tertiary/aromatic N) is 1. The van der Waals surface area contributed by atoms with Crippen molar-refractivity contribution in [3.63, 3.8) is 0 Å². The van der Waals surface area contributed by atoms with Crippen LogP contribution in [0.2, 0.25) is 0 Å². The van der Waals surface area contributed by atoms with E-state index in [1.165, 1.54) is 37.1 Å². The normalized spacial score (nSPS) is 13.9. The van der Waals surface area contributed by atoms with Gasteiger partial charge in [-0.05, 0) is 46.8 Å². The third-order valence-corrected chi connectivity index (χ3v) is 5.45. The Morgan fingerprint density at radius 2 is 1.54 bits per heavy atom. The fourth-order valence-electron chi connectivity index (χ4n) is 3.64. The molecule has 1 aromatic heterocycles. The molecule has 0 unspecified atom stereocenters. The van der Waals surface area contributed by atoms with Crippen LogP contribution < -0.4 is 10.4 Å². The monoisotopic (exact) mass is 437 g/mol. The van der Waals surface area contributed by atoms with Gasteiger partial charge in [0, 0.05) is 28.7 Å². The number of aromatic nitrogens is 1. The number of fused-ring (bicyclic) bond motifs is 3. The van der Waals surface area contributed by atoms with E-state index in [1.807, 2.05) is 27.7 Å². The molecule has 0 N–H and O–H groups in total. The van der Waals surface area contributed by atoms with Gasteiger partial charge in [0.25, 0.3) is 0 Å². The van der Waals surface area contributed by atoms with Crippen molar-refractivity contribution >= 4 is 45.1 Å². The first-order chi connectivity index (χ1) is 13.8. The van der Waals surface area contributed by atoms with Crippen LogP contribution in [0.5, 0.6) is 0 Å². The molecule has 1 aliphatic rings. The zero-order valence-corrected chi connectivity index (χ0v) is 19.4. The van der Waals surface area contributed by atoms with Crippen LogP contribution in [0.3, 0.4) is 0 Å². The SMILES string of the molecule is C/C=c1/cccc/c1=C/Cn1c2c(c3ccccc31)C=C(Br)CC2.CC.CC. The molecule has 4 rings (SSSR count). The molecule has 0 fully saturated rings. The fourth-order valence-corrected chi connectivity index (χ4v) is 4.07. The Labute approximate surface area is 178 Å². The number of halogens is 1. The summed E-state index contributed by atoms with van der Waals surface area (Å²) in [6.45, 7) is 11.0. The van der Waals surface area contributed by atoms with Gasteiger partial charge in [-0.1, -0.05) is 98.2 Å². The van der Waals surface area contributed by atoms with E-state index in [-0.39, 0.29) is 0 Å². The molecule has 2 aromatic carbocycles. The molecule has 0 atom stereocenters. The smallest absolute Gasteiger partial charge is 0.0491 e. The van der Waals surface area contributed by atoms with Gasteiger partial charge in [0.15, 0.2) is 0 Å². The summed E-state index contributed by atoms with van der Waals surface area (Å²) in [5, 5.41) is 3.96. The second kappa shape index (κ2) is 11.1. The van der Waals surface area contributed by atoms with E-state index in [1.54, 1.807) is 0 Å². The van der Waals surface area contributed by atoms with Gasteiger partial charge in [-0.15, -0.1) is 0 Å². The highest BCUT2D eigenvalue weighted by Crippen LogP contribution is 2.35. The maximum absolute atomic E-state index is 3.69. The maximum atomic E-state index is 3.69. The summed E-state index contributed by atoms with van der Waals surface area (Å²) in [4.78, 5) is 0. The first-order valence-electron chi connectivity index (χ1n) is 10.5. The van der Waals surface area contributed by atoms with Gasteiger partial charge in [-0.3, -0.25) is 0 Å². The minimum atomic E-state index is 0.909. The molecule has 1 heterocycles. The Hall–Kier alpha value is -2.06. The minimum absolute atomic E-state index is 0.909. The van der Waals surface area contributed by atoms with E-state index in [2.05, 4.69) is 94.2 Å². The molecule has 0 amide bonds. The van der Waals surface area contributed by atoms with Crippen LogP contribution in [0.25, 0.3) is 29.1 Å². The molecule has 0 spiro atoms. The van der Waals surface area contributed by atoms with Crippen molar-refractivity contribution in [1.82, 2.24) is 4.57 Å². The molecule has 1 nitrogen and oxygen atoms in total. The minimum Gasteiger partial charge on any atom is -0.340 e. The van der Waals surface area contributed by atoms with E-state index in [9.17, 15) is 0 Å². The molecule has 3 aromatic rings. The number of allylic oxidation sites excluding steroid dienone is 1. The second-order valence-corrected chi connectivity index (χ2v) is 7.22. The van der Waals surface area contributed by atoms with Crippen LogP contribution >= 0.6 is 15.9 Å². The molecule has 0 saturated carbocycles. The summed E-state index contributed by atoms with van der Waals surface area (Å²) in [6, 6.07) is 17.3. The summed E-state index contributed by atoms with van der Waals surface area (Å²) in [6.07, 6.45) is 8.99. The summed E-state index contributed by atoms with van der Waals surface area (Å²) in [5.41, 5.74) is 4.16. The van der Waals surface area contributed by atoms with Crippen molar-refractivity contribution in [2.24, 2.45) is 0 Å². The van der Waals surface area contributed by atoms with E-state index >= 15 is 0 Å². The molecule has 148 valence electrons. The van der Waals surface area contributed by atoms with Gasteiger partial charge in [0.1, 0.15) is 0 Å². The lowest BCUT2D eigenvalue weighted by atomic mass is 10.0. The first kappa shape index (κ1) is 22.2. The van der Waals surface area contributed by atoms with Crippen LogP contribution in [-0.2, 0) is 13.0 Å². The third-order valence-electron chi connectivity index (χ3n) is 4.82. The predicted octanol–water partition coefficient (Wildman–Crippen LogP) is 6.66. The second-order valence-electron chi connectivity index (χ2n) is 6.20. The average molecular weight is 438 g/mol. The number of rotatable bonds is 2. The zero-order chi connectivity index (χ0) is 20.5. The Morgan fingerprint density at radius 3 is 2.25 bits per heavy atom. The van der Waals surface area contributed by atoms with Gasteiger partial charge < -0.3 is 4.57 Å². The lowest BCUT2D eigenvalue weighted by Gasteiger charge is -2.13. The molecule has 1 aliphatic carbocycles. The molecule has 0 aliphatic heterocycles. The van der Waals surface area contributed by atoms with Crippen molar-refractivity contribution in [3.05, 3.63) is 74.7 Å². The Bertz CT molecular complexity index is 1050. The van der Waals surface area contributed by atoms with Crippen molar-refractivity contribution in [1.29, 1.82) is 0 Å². The topological polar surface area (TPSA) is 4.93 Å². The van der Waals surface area contributed by atoms with E-state index in [0.29, 0.717) is 0 Å². The van der Waals surface area contributed by atoms with Gasteiger partial charge >= 0.3 is 0 Å². The zero-order valence-electron chi connectivity index (χ0n) is 17.8. The Morgan fingerprint density at radius 1 is 0.893 bits per heavy atom. The molecule has 2 heteroatoms. The lowest BCUT2D eigenvalue weighted by molar-refractivity contribution is 0.785. The van der Waals surface area contributed by atoms with E-state index in [4.69, 9.17) is 0 Å². The van der Waals surface area contributed by atoms with Crippen molar-refractivity contribution in [3.8, 4) is 0 Å². The standard InChI is InChI=1S/C22H20BrN.2C2H6/c1-2-16-7-3-4-8-17(16)13-14-24-21-10-6-5-9-19(21)20-15-18(23)11-12-22(20)24;2*1-2/h2-10,13,15H,11-12,14H2,1H3;2*1-2H3/b16-2-,17-13-;;. The van der Waals surface area contributed by atoms with Crippen LogP contribution in [0.1, 0.15) is 52.3 Å². The fraction of sp³-hybridized carbons (Fsp3) is 0.308. The number of benzene rings is 2. The highest BCUT2D eigenvalue weighted by Gasteiger charge is 2.18. The predicted molar refractivity (Wildman–Crippen MR) is 130 cm³/mol. The van der Waals surface area contributed by atoms with E-state index in [0.717, 1.165) is 19.4 Å². The Kier molecular flexibility index (Phi) is 8.79. The highest BCUT2D eigenvalue weighted by molar-refractivity contribution is 9.11. The molecular weight excluding hydrogens is 406 g/mol. The van der Waals surface area contributed by atoms with Gasteiger partial charge in [0.05, 0.1) is 0 Å². The van der Waals surface area contributed by atoms with E-state index < -0.39 is 0 Å². The summed E-state index contributed by atoms with van der Waals surface area (Å²) in [5.74, 6) is 0. The molecule has 0 bridgehead atoms. The van der Waals surface area contributed by atoms with Gasteiger partial charge in [0.2, 0.25) is 0 Å². The van der Waals surface area contributed by atoms with Crippen molar-refractivity contribution in [2.45, 2.75) is 54.0 Å². The molecule has 0 radical (unpaired) electrons. The quantitative estimate of drug-likeness (QED) is 0.422. The van der Waals surface area contributed by atoms with Crippen LogP contribution in [-0.4, -0.2) is 4.57 Å². The largest absolute Gasteiger partial charge is 0.340 e. The summed E-state index contributed by atoms with van der Waals surface area (Å²) < 4.78 is 3.78. The Balaban J connectivity index is 0.000000660. The molecule has 0 saturated heterocycles. The number of hydrogen-bond donors (Lipinski definition) is 0. The number of hydrogen-bond acceptors (Lipinski definition) is 0.